The number of amides is 1. The van der Waals surface area contributed by atoms with Crippen molar-refractivity contribution in [3.05, 3.63) is 0 Å². The first-order chi connectivity index (χ1) is 9.20. The fraction of sp³-hybridized carbons (Fsp3) is 0.846. The topological polar surface area (TPSA) is 91.8 Å². The normalized spacial score (nSPS) is 16.7. The number of carbonyl (C=O) groups is 2. The van der Waals surface area contributed by atoms with E-state index in [9.17, 15) is 18.0 Å². The zero-order chi connectivity index (χ0) is 15.3. The van der Waals surface area contributed by atoms with E-state index in [0.717, 1.165) is 12.8 Å². The summed E-state index contributed by atoms with van der Waals surface area (Å²) in [6.07, 6.45) is 4.38. The largest absolute Gasteiger partial charge is 0.481 e. The van der Waals surface area contributed by atoms with Gasteiger partial charge in [-0.25, -0.2) is 8.42 Å². The van der Waals surface area contributed by atoms with E-state index in [1.165, 1.54) is 6.26 Å². The summed E-state index contributed by atoms with van der Waals surface area (Å²) in [5, 5.41) is 8.54. The van der Waals surface area contributed by atoms with Crippen molar-refractivity contribution < 1.29 is 23.1 Å². The molecule has 1 rings (SSSR count). The molecule has 1 amide bonds. The maximum absolute atomic E-state index is 12.2. The van der Waals surface area contributed by atoms with Gasteiger partial charge in [0, 0.05) is 31.2 Å². The standard InChI is InChI=1S/C13H23NO5S/c1-10(9-20(2,18)19)14(11-7-8-11)12(15)5-3-4-6-13(16)17/h10-11H,3-9H2,1-2H3,(H,16,17). The molecule has 0 radical (unpaired) electrons. The number of carbonyl (C=O) groups excluding carboxylic acids is 1. The summed E-state index contributed by atoms with van der Waals surface area (Å²) in [5.41, 5.74) is 0. The van der Waals surface area contributed by atoms with Crippen LogP contribution in [0.1, 0.15) is 45.4 Å². The van der Waals surface area contributed by atoms with Gasteiger partial charge in [-0.3, -0.25) is 9.59 Å². The van der Waals surface area contributed by atoms with E-state index in [4.69, 9.17) is 5.11 Å². The highest BCUT2D eigenvalue weighted by molar-refractivity contribution is 7.90. The second-order valence-corrected chi connectivity index (χ2v) is 7.76. The third kappa shape index (κ3) is 6.36. The Bertz CT molecular complexity index is 455. The highest BCUT2D eigenvalue weighted by Crippen LogP contribution is 2.30. The van der Waals surface area contributed by atoms with Gasteiger partial charge >= 0.3 is 5.97 Å². The van der Waals surface area contributed by atoms with Crippen molar-refractivity contribution in [2.75, 3.05) is 12.0 Å². The van der Waals surface area contributed by atoms with E-state index in [-0.39, 0.29) is 36.6 Å². The van der Waals surface area contributed by atoms with E-state index in [2.05, 4.69) is 0 Å². The number of hydrogen-bond acceptors (Lipinski definition) is 4. The molecule has 0 aromatic carbocycles. The predicted octanol–water partition coefficient (Wildman–Crippen LogP) is 1.06. The first-order valence-electron chi connectivity index (χ1n) is 6.91. The highest BCUT2D eigenvalue weighted by atomic mass is 32.2. The molecule has 0 aromatic heterocycles. The van der Waals surface area contributed by atoms with E-state index in [1.807, 2.05) is 0 Å². The Hall–Kier alpha value is -1.11. The molecule has 1 saturated carbocycles. The van der Waals surface area contributed by atoms with Gasteiger partial charge in [-0.15, -0.1) is 0 Å². The molecule has 0 heterocycles. The Labute approximate surface area is 120 Å². The van der Waals surface area contributed by atoms with Gasteiger partial charge in [-0.05, 0) is 32.6 Å². The van der Waals surface area contributed by atoms with Crippen molar-refractivity contribution in [3.63, 3.8) is 0 Å². The van der Waals surface area contributed by atoms with Gasteiger partial charge < -0.3 is 10.0 Å². The van der Waals surface area contributed by atoms with Crippen LogP contribution in [-0.4, -0.2) is 54.4 Å². The Morgan fingerprint density at radius 2 is 1.80 bits per heavy atom. The Balaban J connectivity index is 2.49. The second kappa shape index (κ2) is 7.06. The van der Waals surface area contributed by atoms with Crippen LogP contribution in [0, 0.1) is 0 Å². The van der Waals surface area contributed by atoms with Crippen LogP contribution in [0.4, 0.5) is 0 Å². The van der Waals surface area contributed by atoms with Gasteiger partial charge in [-0.2, -0.15) is 0 Å². The summed E-state index contributed by atoms with van der Waals surface area (Å²) in [4.78, 5) is 24.3. The molecule has 1 aliphatic rings. The van der Waals surface area contributed by atoms with Crippen LogP contribution in [0.3, 0.4) is 0 Å². The van der Waals surface area contributed by atoms with Crippen LogP contribution in [0.2, 0.25) is 0 Å². The van der Waals surface area contributed by atoms with Crippen LogP contribution in [0.25, 0.3) is 0 Å². The number of nitrogens with zero attached hydrogens (tertiary/aromatic N) is 1. The van der Waals surface area contributed by atoms with Crippen molar-refractivity contribution >= 4 is 21.7 Å². The average molecular weight is 305 g/mol. The summed E-state index contributed by atoms with van der Waals surface area (Å²) in [7, 11) is -3.12. The zero-order valence-corrected chi connectivity index (χ0v) is 12.9. The van der Waals surface area contributed by atoms with Crippen molar-refractivity contribution in [3.8, 4) is 0 Å². The Morgan fingerprint density at radius 1 is 1.25 bits per heavy atom. The number of hydrogen-bond donors (Lipinski definition) is 1. The molecule has 1 fully saturated rings. The third-order valence-electron chi connectivity index (χ3n) is 3.28. The molecular formula is C13H23NO5S. The Morgan fingerprint density at radius 3 is 2.25 bits per heavy atom. The van der Waals surface area contributed by atoms with Gasteiger partial charge in [0.25, 0.3) is 0 Å². The first-order valence-corrected chi connectivity index (χ1v) is 8.97. The van der Waals surface area contributed by atoms with Crippen LogP contribution in [0.15, 0.2) is 0 Å². The fourth-order valence-electron chi connectivity index (χ4n) is 2.36. The summed E-state index contributed by atoms with van der Waals surface area (Å²) < 4.78 is 22.7. The van der Waals surface area contributed by atoms with E-state index >= 15 is 0 Å². The summed E-state index contributed by atoms with van der Waals surface area (Å²) in [6.45, 7) is 1.76. The lowest BCUT2D eigenvalue weighted by atomic mass is 10.1. The van der Waals surface area contributed by atoms with E-state index in [0.29, 0.717) is 12.8 Å². The first kappa shape index (κ1) is 16.9. The van der Waals surface area contributed by atoms with Gasteiger partial charge in [0.1, 0.15) is 9.84 Å². The number of unbranched alkanes of at least 4 members (excludes halogenated alkanes) is 1. The van der Waals surface area contributed by atoms with Crippen LogP contribution in [0.5, 0.6) is 0 Å². The minimum atomic E-state index is -3.12. The fourth-order valence-corrected chi connectivity index (χ4v) is 3.40. The van der Waals surface area contributed by atoms with Gasteiger partial charge in [0.05, 0.1) is 5.75 Å². The summed E-state index contributed by atoms with van der Waals surface area (Å²) in [5.74, 6) is -0.944. The SMILES string of the molecule is CC(CS(C)(=O)=O)N(C(=O)CCCCC(=O)O)C1CC1. The minimum Gasteiger partial charge on any atom is -0.481 e. The molecule has 20 heavy (non-hydrogen) atoms. The molecule has 1 N–H and O–H groups in total. The van der Waals surface area contributed by atoms with E-state index in [1.54, 1.807) is 11.8 Å². The smallest absolute Gasteiger partial charge is 0.303 e. The van der Waals surface area contributed by atoms with Crippen LogP contribution < -0.4 is 0 Å². The van der Waals surface area contributed by atoms with Gasteiger partial charge in [0.2, 0.25) is 5.91 Å². The number of carboxylic acid groups (broad SMARTS) is 1. The quantitative estimate of drug-likeness (QED) is 0.643. The van der Waals surface area contributed by atoms with Crippen LogP contribution in [-0.2, 0) is 19.4 Å². The molecule has 7 heteroatoms. The molecule has 0 bridgehead atoms. The third-order valence-corrected chi connectivity index (χ3v) is 4.37. The number of sulfone groups is 1. The van der Waals surface area contributed by atoms with Gasteiger partial charge in [0.15, 0.2) is 0 Å². The lowest BCUT2D eigenvalue weighted by Crippen LogP contribution is -2.43. The van der Waals surface area contributed by atoms with Gasteiger partial charge in [-0.1, -0.05) is 0 Å². The predicted molar refractivity (Wildman–Crippen MR) is 75.1 cm³/mol. The molecule has 1 aliphatic carbocycles. The lowest BCUT2D eigenvalue weighted by molar-refractivity contribution is -0.138. The van der Waals surface area contributed by atoms with Crippen molar-refractivity contribution in [2.45, 2.75) is 57.5 Å². The molecule has 0 aliphatic heterocycles. The van der Waals surface area contributed by atoms with Crippen molar-refractivity contribution in [1.82, 2.24) is 4.90 Å². The molecule has 0 spiro atoms. The zero-order valence-electron chi connectivity index (χ0n) is 12.0. The molecule has 1 unspecified atom stereocenters. The second-order valence-electron chi connectivity index (χ2n) is 5.57. The average Bonchev–Trinajstić information content (AvgIpc) is 3.06. The number of carboxylic acids is 1. The maximum atomic E-state index is 12.2. The van der Waals surface area contributed by atoms with E-state index < -0.39 is 15.8 Å². The van der Waals surface area contributed by atoms with Crippen molar-refractivity contribution in [1.29, 1.82) is 0 Å². The maximum Gasteiger partial charge on any atom is 0.303 e. The van der Waals surface area contributed by atoms with Crippen molar-refractivity contribution in [2.24, 2.45) is 0 Å². The summed E-state index contributed by atoms with van der Waals surface area (Å²) in [6, 6.07) is -0.150. The molecule has 1 atom stereocenters. The molecule has 0 aromatic rings. The molecule has 0 saturated heterocycles. The number of aliphatic carboxylic acids is 1. The lowest BCUT2D eigenvalue weighted by Gasteiger charge is -2.29. The van der Waals surface area contributed by atoms with Crippen LogP contribution >= 0.6 is 0 Å². The highest BCUT2D eigenvalue weighted by Gasteiger charge is 2.36. The minimum absolute atomic E-state index is 0.0234. The Kier molecular flexibility index (Phi) is 5.98. The monoisotopic (exact) mass is 305 g/mol. The molecular weight excluding hydrogens is 282 g/mol. The summed E-state index contributed by atoms with van der Waals surface area (Å²) >= 11 is 0. The molecule has 116 valence electrons. The molecule has 6 nitrogen and oxygen atoms in total. The number of rotatable bonds is 9.